The Morgan fingerprint density at radius 1 is 1.08 bits per heavy atom. The van der Waals surface area contributed by atoms with E-state index in [1.165, 1.54) is 18.4 Å². The van der Waals surface area contributed by atoms with Crippen LogP contribution in [0.3, 0.4) is 0 Å². The van der Waals surface area contributed by atoms with E-state index >= 15 is 0 Å². The normalized spacial score (nSPS) is 14.8. The Morgan fingerprint density at radius 3 is 1.96 bits per heavy atom. The van der Waals surface area contributed by atoms with Crippen LogP contribution in [-0.4, -0.2) is 17.3 Å². The van der Waals surface area contributed by atoms with Crippen LogP contribution in [0, 0.1) is 5.41 Å². The molecule has 0 unspecified atom stereocenters. The molecule has 0 saturated heterocycles. The lowest BCUT2D eigenvalue weighted by Gasteiger charge is -2.27. The minimum Gasteiger partial charge on any atom is -0.300 e. The topological polar surface area (TPSA) is 51.2 Å². The van der Waals surface area contributed by atoms with Gasteiger partial charge in [0.1, 0.15) is 5.78 Å². The van der Waals surface area contributed by atoms with Gasteiger partial charge in [-0.1, -0.05) is 51.7 Å². The van der Waals surface area contributed by atoms with Gasteiger partial charge in [0.25, 0.3) is 0 Å². The van der Waals surface area contributed by atoms with Gasteiger partial charge in [0, 0.05) is 19.3 Å². The van der Waals surface area contributed by atoms with Gasteiger partial charge in [-0.05, 0) is 58.1 Å². The number of hydrogen-bond acceptors (Lipinski definition) is 3. The minimum atomic E-state index is 0.125. The first-order valence-electron chi connectivity index (χ1n) is 9.80. The predicted molar refractivity (Wildman–Crippen MR) is 111 cm³/mol. The average Bonchev–Trinajstić information content (AvgIpc) is 2.44. The highest BCUT2D eigenvalue weighted by atomic mass is 16.1. The second-order valence-electron chi connectivity index (χ2n) is 8.16. The predicted octanol–water partition coefficient (Wildman–Crippen LogP) is 6.41. The molecule has 0 bridgehead atoms. The third kappa shape index (κ3) is 18.8. The zero-order valence-corrected chi connectivity index (χ0v) is 18.3. The van der Waals surface area contributed by atoms with Crippen molar-refractivity contribution in [1.29, 1.82) is 0 Å². The number of ketones is 3. The number of rotatable bonds is 6. The van der Waals surface area contributed by atoms with Crippen LogP contribution in [0.25, 0.3) is 0 Å². The van der Waals surface area contributed by atoms with Gasteiger partial charge in [-0.3, -0.25) is 14.4 Å². The molecule has 0 spiro atoms. The Balaban J connectivity index is 0. The molecule has 0 atom stereocenters. The summed E-state index contributed by atoms with van der Waals surface area (Å²) in [6.07, 6.45) is 10.2. The number of hydrogen-bond donors (Lipinski definition) is 0. The summed E-state index contributed by atoms with van der Waals surface area (Å²) in [5, 5.41) is 0. The maximum atomic E-state index is 11.0. The second-order valence-corrected chi connectivity index (χ2v) is 8.16. The SMILES string of the molecule is CC(=O)C=C(C)C.CC1=CC(=O)CC(C)(C)C1.CCCCCC(=O)CC. The van der Waals surface area contributed by atoms with E-state index in [9.17, 15) is 14.4 Å². The zero-order valence-electron chi connectivity index (χ0n) is 18.3. The molecule has 0 radical (unpaired) electrons. The summed E-state index contributed by atoms with van der Waals surface area (Å²) in [5.41, 5.74) is 2.49. The Labute approximate surface area is 161 Å². The fourth-order valence-corrected chi connectivity index (χ4v) is 2.82. The molecule has 1 aliphatic rings. The second kappa shape index (κ2) is 14.6. The van der Waals surface area contributed by atoms with Gasteiger partial charge < -0.3 is 0 Å². The molecule has 150 valence electrons. The smallest absolute Gasteiger partial charge is 0.156 e. The van der Waals surface area contributed by atoms with Crippen LogP contribution in [-0.2, 0) is 14.4 Å². The van der Waals surface area contributed by atoms with Gasteiger partial charge in [-0.15, -0.1) is 0 Å². The highest BCUT2D eigenvalue weighted by Gasteiger charge is 2.25. The first-order valence-corrected chi connectivity index (χ1v) is 9.80. The lowest BCUT2D eigenvalue weighted by atomic mass is 9.77. The molecule has 0 N–H and O–H groups in total. The largest absolute Gasteiger partial charge is 0.300 e. The molecule has 1 aliphatic carbocycles. The van der Waals surface area contributed by atoms with Gasteiger partial charge in [0.2, 0.25) is 0 Å². The number of Topliss-reactive ketones (excluding diaryl/α,β-unsaturated/α-hetero) is 1. The quantitative estimate of drug-likeness (QED) is 0.404. The van der Waals surface area contributed by atoms with Crippen LogP contribution in [0.15, 0.2) is 23.3 Å². The first-order chi connectivity index (χ1) is 11.9. The summed E-state index contributed by atoms with van der Waals surface area (Å²) in [7, 11) is 0. The van der Waals surface area contributed by atoms with Crippen molar-refractivity contribution in [3.05, 3.63) is 23.3 Å². The van der Waals surface area contributed by atoms with Crippen molar-refractivity contribution in [2.24, 2.45) is 5.41 Å². The van der Waals surface area contributed by atoms with Crippen molar-refractivity contribution in [2.45, 2.75) is 100 Å². The summed E-state index contributed by atoms with van der Waals surface area (Å²) in [5.74, 6) is 0.817. The average molecular weight is 365 g/mol. The Bertz CT molecular complexity index is 504. The van der Waals surface area contributed by atoms with Crippen molar-refractivity contribution >= 4 is 17.3 Å². The van der Waals surface area contributed by atoms with E-state index < -0.39 is 0 Å². The monoisotopic (exact) mass is 364 g/mol. The molecule has 26 heavy (non-hydrogen) atoms. The summed E-state index contributed by atoms with van der Waals surface area (Å²) >= 11 is 0. The lowest BCUT2D eigenvalue weighted by Crippen LogP contribution is -2.20. The fraction of sp³-hybridized carbons (Fsp3) is 0.696. The molecule has 3 heteroatoms. The van der Waals surface area contributed by atoms with Crippen LogP contribution in [0.5, 0.6) is 0 Å². The van der Waals surface area contributed by atoms with Gasteiger partial charge >= 0.3 is 0 Å². The molecule has 0 saturated carbocycles. The molecule has 0 amide bonds. The van der Waals surface area contributed by atoms with Crippen LogP contribution >= 0.6 is 0 Å². The Kier molecular flexibility index (Phi) is 15.0. The molecular formula is C23H40O3. The number of allylic oxidation sites excluding steroid dienone is 4. The van der Waals surface area contributed by atoms with E-state index in [1.54, 1.807) is 19.1 Å². The standard InChI is InChI=1S/C9H14O.C8H16O.C6H10O/c1-7-4-8(10)6-9(2,3)5-7;1-3-5-6-7-8(9)4-2;1-5(2)4-6(3)7/h4H,5-6H2,1-3H3;3-7H2,1-2H3;4H,1-3H3. The van der Waals surface area contributed by atoms with Crippen LogP contribution in [0.1, 0.15) is 100 Å². The van der Waals surface area contributed by atoms with Gasteiger partial charge in [-0.2, -0.15) is 0 Å². The first kappa shape index (κ1) is 26.7. The third-order valence-electron chi connectivity index (χ3n) is 3.76. The van der Waals surface area contributed by atoms with Crippen molar-refractivity contribution in [2.75, 3.05) is 0 Å². The molecule has 0 aromatic heterocycles. The molecule has 0 aromatic carbocycles. The van der Waals surface area contributed by atoms with Crippen molar-refractivity contribution in [3.8, 4) is 0 Å². The fourth-order valence-electron chi connectivity index (χ4n) is 2.82. The Morgan fingerprint density at radius 2 is 1.65 bits per heavy atom. The third-order valence-corrected chi connectivity index (χ3v) is 3.76. The number of unbranched alkanes of at least 4 members (excludes halogenated alkanes) is 2. The van der Waals surface area contributed by atoms with E-state index in [2.05, 4.69) is 20.8 Å². The lowest BCUT2D eigenvalue weighted by molar-refractivity contribution is -0.119. The van der Waals surface area contributed by atoms with Crippen molar-refractivity contribution in [1.82, 2.24) is 0 Å². The molecular weight excluding hydrogens is 324 g/mol. The summed E-state index contributed by atoms with van der Waals surface area (Å²) < 4.78 is 0. The van der Waals surface area contributed by atoms with Gasteiger partial charge in [0.05, 0.1) is 0 Å². The van der Waals surface area contributed by atoms with E-state index in [0.29, 0.717) is 18.6 Å². The Hall–Kier alpha value is -1.51. The maximum absolute atomic E-state index is 11.0. The van der Waals surface area contributed by atoms with Gasteiger partial charge in [0.15, 0.2) is 11.6 Å². The highest BCUT2D eigenvalue weighted by Crippen LogP contribution is 2.32. The van der Waals surface area contributed by atoms with Crippen molar-refractivity contribution < 1.29 is 14.4 Å². The van der Waals surface area contributed by atoms with Crippen LogP contribution in [0.2, 0.25) is 0 Å². The van der Waals surface area contributed by atoms with Gasteiger partial charge in [-0.25, -0.2) is 0 Å². The zero-order chi connectivity index (χ0) is 20.8. The van der Waals surface area contributed by atoms with Crippen molar-refractivity contribution in [3.63, 3.8) is 0 Å². The minimum absolute atomic E-state index is 0.125. The summed E-state index contributed by atoms with van der Waals surface area (Å²) in [6.45, 7) is 15.7. The molecule has 0 aromatic rings. The molecule has 0 aliphatic heterocycles. The van der Waals surface area contributed by atoms with E-state index in [-0.39, 0.29) is 17.0 Å². The molecule has 0 fully saturated rings. The van der Waals surface area contributed by atoms with Crippen LogP contribution < -0.4 is 0 Å². The van der Waals surface area contributed by atoms with E-state index in [0.717, 1.165) is 24.8 Å². The number of carbonyl (C=O) groups excluding carboxylic acids is 3. The molecule has 0 heterocycles. The maximum Gasteiger partial charge on any atom is 0.156 e. The summed E-state index contributed by atoms with van der Waals surface area (Å²) in [4.78, 5) is 31.9. The summed E-state index contributed by atoms with van der Waals surface area (Å²) in [6, 6.07) is 0. The highest BCUT2D eigenvalue weighted by molar-refractivity contribution is 5.91. The molecule has 3 nitrogen and oxygen atoms in total. The van der Waals surface area contributed by atoms with Crippen LogP contribution in [0.4, 0.5) is 0 Å². The molecule has 1 rings (SSSR count). The number of carbonyl (C=O) groups is 3. The van der Waals surface area contributed by atoms with E-state index in [4.69, 9.17) is 0 Å². The van der Waals surface area contributed by atoms with E-state index in [1.807, 2.05) is 27.7 Å².